The first-order chi connectivity index (χ1) is 8.11. The quantitative estimate of drug-likeness (QED) is 0.788. The van der Waals surface area contributed by atoms with Gasteiger partial charge >= 0.3 is 0 Å². The summed E-state index contributed by atoms with van der Waals surface area (Å²) >= 11 is 0. The standard InChI is InChI=1S/C14H15N3/c1-10(2)14-13(9-17(3)16-14)12-6-4-11(8-15)5-7-12/h4-7,9-10H,1-3H3. The van der Waals surface area contributed by atoms with Crippen LogP contribution in [0.1, 0.15) is 31.0 Å². The Morgan fingerprint density at radius 3 is 2.41 bits per heavy atom. The van der Waals surface area contributed by atoms with Crippen molar-refractivity contribution >= 4 is 0 Å². The summed E-state index contributed by atoms with van der Waals surface area (Å²) in [5, 5.41) is 13.3. The third kappa shape index (κ3) is 2.21. The van der Waals surface area contributed by atoms with Gasteiger partial charge < -0.3 is 0 Å². The molecule has 0 aliphatic carbocycles. The lowest BCUT2D eigenvalue weighted by Gasteiger charge is -2.05. The first-order valence-electron chi connectivity index (χ1n) is 5.66. The third-order valence-electron chi connectivity index (χ3n) is 2.73. The third-order valence-corrected chi connectivity index (χ3v) is 2.73. The van der Waals surface area contributed by atoms with Crippen molar-refractivity contribution in [3.63, 3.8) is 0 Å². The van der Waals surface area contributed by atoms with E-state index in [1.165, 1.54) is 0 Å². The van der Waals surface area contributed by atoms with Crippen LogP contribution in [0.15, 0.2) is 30.5 Å². The number of hydrogen-bond donors (Lipinski definition) is 0. The molecular weight excluding hydrogens is 210 g/mol. The van der Waals surface area contributed by atoms with Crippen LogP contribution in [0.3, 0.4) is 0 Å². The van der Waals surface area contributed by atoms with Crippen molar-refractivity contribution < 1.29 is 0 Å². The average molecular weight is 225 g/mol. The van der Waals surface area contributed by atoms with E-state index in [1.807, 2.05) is 42.2 Å². The Bertz CT molecular complexity index is 556. The van der Waals surface area contributed by atoms with Gasteiger partial charge in [0.1, 0.15) is 0 Å². The van der Waals surface area contributed by atoms with Crippen LogP contribution < -0.4 is 0 Å². The molecule has 1 aromatic heterocycles. The fourth-order valence-electron chi connectivity index (χ4n) is 1.88. The Morgan fingerprint density at radius 1 is 1.24 bits per heavy atom. The minimum absolute atomic E-state index is 0.391. The molecule has 1 aromatic carbocycles. The first kappa shape index (κ1) is 11.4. The van der Waals surface area contributed by atoms with Gasteiger partial charge in [0.15, 0.2) is 0 Å². The molecule has 0 aliphatic heterocycles. The highest BCUT2D eigenvalue weighted by atomic mass is 15.3. The molecule has 17 heavy (non-hydrogen) atoms. The molecule has 0 N–H and O–H groups in total. The highest BCUT2D eigenvalue weighted by molar-refractivity contribution is 5.66. The maximum atomic E-state index is 8.78. The second-order valence-corrected chi connectivity index (χ2v) is 4.45. The van der Waals surface area contributed by atoms with Crippen LogP contribution in [0.25, 0.3) is 11.1 Å². The Balaban J connectivity index is 2.49. The van der Waals surface area contributed by atoms with Crippen LogP contribution in [0, 0.1) is 11.3 Å². The maximum absolute atomic E-state index is 8.78. The molecule has 0 saturated carbocycles. The number of rotatable bonds is 2. The molecule has 0 aliphatic rings. The molecule has 0 saturated heterocycles. The largest absolute Gasteiger partial charge is 0.275 e. The average Bonchev–Trinajstić information content (AvgIpc) is 2.72. The first-order valence-corrected chi connectivity index (χ1v) is 5.66. The van der Waals surface area contributed by atoms with E-state index < -0.39 is 0 Å². The van der Waals surface area contributed by atoms with Gasteiger partial charge in [-0.3, -0.25) is 4.68 Å². The second-order valence-electron chi connectivity index (χ2n) is 4.45. The second kappa shape index (κ2) is 4.42. The van der Waals surface area contributed by atoms with Crippen molar-refractivity contribution in [2.24, 2.45) is 7.05 Å². The maximum Gasteiger partial charge on any atom is 0.0991 e. The minimum Gasteiger partial charge on any atom is -0.275 e. The van der Waals surface area contributed by atoms with Crippen LogP contribution in [0.5, 0.6) is 0 Å². The van der Waals surface area contributed by atoms with Crippen LogP contribution >= 0.6 is 0 Å². The molecule has 86 valence electrons. The van der Waals surface area contributed by atoms with Crippen molar-refractivity contribution in [2.75, 3.05) is 0 Å². The number of hydrogen-bond acceptors (Lipinski definition) is 2. The Labute approximate surface area is 101 Å². The van der Waals surface area contributed by atoms with Crippen LogP contribution in [0.2, 0.25) is 0 Å². The molecular formula is C14H15N3. The smallest absolute Gasteiger partial charge is 0.0991 e. The zero-order valence-corrected chi connectivity index (χ0v) is 10.3. The van der Waals surface area contributed by atoms with Crippen molar-refractivity contribution in [3.8, 4) is 17.2 Å². The molecule has 0 spiro atoms. The minimum atomic E-state index is 0.391. The zero-order valence-electron chi connectivity index (χ0n) is 10.3. The van der Waals surface area contributed by atoms with Crippen molar-refractivity contribution in [1.29, 1.82) is 5.26 Å². The Hall–Kier alpha value is -2.08. The van der Waals surface area contributed by atoms with E-state index in [-0.39, 0.29) is 0 Å². The lowest BCUT2D eigenvalue weighted by molar-refractivity contribution is 0.713. The van der Waals surface area contributed by atoms with Gasteiger partial charge in [-0.15, -0.1) is 0 Å². The number of aryl methyl sites for hydroxylation is 1. The normalized spacial score (nSPS) is 10.5. The number of nitriles is 1. The molecule has 1 heterocycles. The summed E-state index contributed by atoms with van der Waals surface area (Å²) in [6.07, 6.45) is 2.02. The van der Waals surface area contributed by atoms with Gasteiger partial charge in [0.2, 0.25) is 0 Å². The zero-order chi connectivity index (χ0) is 12.4. The van der Waals surface area contributed by atoms with Gasteiger partial charge in [-0.2, -0.15) is 10.4 Å². The molecule has 0 amide bonds. The fraction of sp³-hybridized carbons (Fsp3) is 0.286. The monoisotopic (exact) mass is 225 g/mol. The fourth-order valence-corrected chi connectivity index (χ4v) is 1.88. The Kier molecular flexibility index (Phi) is 2.97. The number of aromatic nitrogens is 2. The SMILES string of the molecule is CC(C)c1nn(C)cc1-c1ccc(C#N)cc1. The number of nitrogens with zero attached hydrogens (tertiary/aromatic N) is 3. The highest BCUT2D eigenvalue weighted by Crippen LogP contribution is 2.27. The predicted molar refractivity (Wildman–Crippen MR) is 67.4 cm³/mol. The van der Waals surface area contributed by atoms with Crippen molar-refractivity contribution in [2.45, 2.75) is 19.8 Å². The van der Waals surface area contributed by atoms with Crippen LogP contribution in [-0.4, -0.2) is 9.78 Å². The summed E-state index contributed by atoms with van der Waals surface area (Å²) < 4.78 is 1.84. The number of benzene rings is 1. The summed E-state index contributed by atoms with van der Waals surface area (Å²) in [4.78, 5) is 0. The molecule has 2 rings (SSSR count). The van der Waals surface area contributed by atoms with Crippen LogP contribution in [0.4, 0.5) is 0 Å². The summed E-state index contributed by atoms with van der Waals surface area (Å²) in [5.41, 5.74) is 4.04. The highest BCUT2D eigenvalue weighted by Gasteiger charge is 2.12. The van der Waals surface area contributed by atoms with E-state index in [0.717, 1.165) is 16.8 Å². The Morgan fingerprint density at radius 2 is 1.88 bits per heavy atom. The van der Waals surface area contributed by atoms with Gasteiger partial charge in [0.25, 0.3) is 0 Å². The summed E-state index contributed by atoms with van der Waals surface area (Å²) in [5.74, 6) is 0.391. The van der Waals surface area contributed by atoms with E-state index in [2.05, 4.69) is 25.0 Å². The lowest BCUT2D eigenvalue weighted by Crippen LogP contribution is -1.93. The molecule has 0 fully saturated rings. The van der Waals surface area contributed by atoms with E-state index in [1.54, 1.807) is 0 Å². The van der Waals surface area contributed by atoms with E-state index in [4.69, 9.17) is 5.26 Å². The molecule has 2 aromatic rings. The molecule has 0 atom stereocenters. The van der Waals surface area contributed by atoms with Crippen molar-refractivity contribution in [1.82, 2.24) is 9.78 Å². The summed E-state index contributed by atoms with van der Waals surface area (Å²) in [7, 11) is 1.93. The van der Waals surface area contributed by atoms with E-state index in [9.17, 15) is 0 Å². The molecule has 0 radical (unpaired) electrons. The molecule has 0 bridgehead atoms. The van der Waals surface area contributed by atoms with Gasteiger partial charge in [-0.1, -0.05) is 26.0 Å². The molecule has 3 heteroatoms. The van der Waals surface area contributed by atoms with Gasteiger partial charge in [0, 0.05) is 18.8 Å². The molecule has 3 nitrogen and oxygen atoms in total. The van der Waals surface area contributed by atoms with E-state index in [0.29, 0.717) is 11.5 Å². The van der Waals surface area contributed by atoms with Gasteiger partial charge in [0.05, 0.1) is 17.3 Å². The van der Waals surface area contributed by atoms with Crippen LogP contribution in [-0.2, 0) is 7.05 Å². The van der Waals surface area contributed by atoms with Gasteiger partial charge in [-0.25, -0.2) is 0 Å². The van der Waals surface area contributed by atoms with Crippen molar-refractivity contribution in [3.05, 3.63) is 41.7 Å². The lowest BCUT2D eigenvalue weighted by atomic mass is 9.99. The van der Waals surface area contributed by atoms with E-state index >= 15 is 0 Å². The van der Waals surface area contributed by atoms with Gasteiger partial charge in [-0.05, 0) is 23.6 Å². The topological polar surface area (TPSA) is 41.6 Å². The predicted octanol–water partition coefficient (Wildman–Crippen LogP) is 3.08. The summed E-state index contributed by atoms with van der Waals surface area (Å²) in [6, 6.07) is 9.75. The molecule has 0 unspecified atom stereocenters. The summed E-state index contributed by atoms with van der Waals surface area (Å²) in [6.45, 7) is 4.27.